The van der Waals surface area contributed by atoms with E-state index in [2.05, 4.69) is 5.32 Å². The second-order valence-corrected chi connectivity index (χ2v) is 4.84. The normalized spacial score (nSPS) is 12.6. The molecule has 1 aromatic rings. The Morgan fingerprint density at radius 3 is 2.67 bits per heavy atom. The highest BCUT2D eigenvalue weighted by atomic mass is 19.1. The van der Waals surface area contributed by atoms with Gasteiger partial charge in [-0.2, -0.15) is 0 Å². The molecule has 1 rings (SSSR count). The average molecular weight is 252 g/mol. The number of halogens is 1. The van der Waals surface area contributed by atoms with Crippen LogP contribution in [0.25, 0.3) is 0 Å². The lowest BCUT2D eigenvalue weighted by molar-refractivity contribution is 0.0919. The molecule has 100 valence electrons. The van der Waals surface area contributed by atoms with Crippen molar-refractivity contribution in [3.8, 4) is 0 Å². The van der Waals surface area contributed by atoms with Gasteiger partial charge in [0.2, 0.25) is 0 Å². The van der Waals surface area contributed by atoms with E-state index in [9.17, 15) is 9.18 Å². The quantitative estimate of drug-likeness (QED) is 0.844. The number of carbonyl (C=O) groups is 1. The third-order valence-corrected chi connectivity index (χ3v) is 3.04. The van der Waals surface area contributed by atoms with Crippen molar-refractivity contribution in [2.75, 3.05) is 6.54 Å². The highest BCUT2D eigenvalue weighted by Crippen LogP contribution is 2.13. The molecule has 0 aliphatic carbocycles. The van der Waals surface area contributed by atoms with Crippen LogP contribution in [-0.4, -0.2) is 18.5 Å². The van der Waals surface area contributed by atoms with Crippen molar-refractivity contribution in [1.29, 1.82) is 0 Å². The van der Waals surface area contributed by atoms with Crippen LogP contribution in [0, 0.1) is 18.7 Å². The number of carbonyl (C=O) groups excluding carboxylic acids is 1. The van der Waals surface area contributed by atoms with E-state index in [0.717, 1.165) is 0 Å². The maximum Gasteiger partial charge on any atom is 0.254 e. The van der Waals surface area contributed by atoms with E-state index >= 15 is 0 Å². The molecule has 0 aliphatic heterocycles. The van der Waals surface area contributed by atoms with Crippen LogP contribution >= 0.6 is 0 Å². The highest BCUT2D eigenvalue weighted by molar-refractivity contribution is 5.94. The summed E-state index contributed by atoms with van der Waals surface area (Å²) in [5.74, 6) is -0.557. The van der Waals surface area contributed by atoms with Gasteiger partial charge in [0, 0.05) is 6.04 Å². The fourth-order valence-electron chi connectivity index (χ4n) is 1.82. The zero-order valence-electron chi connectivity index (χ0n) is 11.2. The summed E-state index contributed by atoms with van der Waals surface area (Å²) in [7, 11) is 0. The minimum Gasteiger partial charge on any atom is -0.349 e. The first-order valence-corrected chi connectivity index (χ1v) is 6.23. The standard InChI is InChI=1S/C14H21FN2O/c1-9(2)12(7-8-16)17-14(18)11-6-4-5-10(3)13(11)15/h4-6,9,12H,7-8,16H2,1-3H3,(H,17,18). The van der Waals surface area contributed by atoms with E-state index in [1.54, 1.807) is 19.1 Å². The van der Waals surface area contributed by atoms with Gasteiger partial charge < -0.3 is 11.1 Å². The zero-order valence-corrected chi connectivity index (χ0v) is 11.2. The summed E-state index contributed by atoms with van der Waals surface area (Å²) in [5.41, 5.74) is 6.08. The Hall–Kier alpha value is -1.42. The molecule has 0 spiro atoms. The smallest absolute Gasteiger partial charge is 0.254 e. The number of aryl methyl sites for hydroxylation is 1. The van der Waals surface area contributed by atoms with Gasteiger partial charge in [0.25, 0.3) is 5.91 Å². The Balaban J connectivity index is 2.84. The van der Waals surface area contributed by atoms with Crippen molar-refractivity contribution in [2.45, 2.75) is 33.2 Å². The number of hydrogen-bond donors (Lipinski definition) is 2. The number of amides is 1. The molecule has 0 fully saturated rings. The largest absolute Gasteiger partial charge is 0.349 e. The van der Waals surface area contributed by atoms with Gasteiger partial charge >= 0.3 is 0 Å². The molecule has 1 aromatic carbocycles. The molecule has 1 atom stereocenters. The third-order valence-electron chi connectivity index (χ3n) is 3.04. The molecule has 0 aliphatic rings. The molecule has 1 unspecified atom stereocenters. The van der Waals surface area contributed by atoms with Crippen LogP contribution in [0.4, 0.5) is 4.39 Å². The molecule has 18 heavy (non-hydrogen) atoms. The second kappa shape index (κ2) is 6.50. The third kappa shape index (κ3) is 3.53. The Kier molecular flexibility index (Phi) is 5.28. The summed E-state index contributed by atoms with van der Waals surface area (Å²) in [6, 6.07) is 4.80. The van der Waals surface area contributed by atoms with Crippen LogP contribution in [0.15, 0.2) is 18.2 Å². The lowest BCUT2D eigenvalue weighted by atomic mass is 10.00. The first kappa shape index (κ1) is 14.6. The van der Waals surface area contributed by atoms with Gasteiger partial charge in [0.15, 0.2) is 0 Å². The van der Waals surface area contributed by atoms with E-state index in [1.165, 1.54) is 6.07 Å². The van der Waals surface area contributed by atoms with Gasteiger partial charge in [-0.15, -0.1) is 0 Å². The lowest BCUT2D eigenvalue weighted by Gasteiger charge is -2.22. The number of nitrogens with one attached hydrogen (secondary N) is 1. The summed E-state index contributed by atoms with van der Waals surface area (Å²) in [5, 5.41) is 2.84. The monoisotopic (exact) mass is 252 g/mol. The summed E-state index contributed by atoms with van der Waals surface area (Å²) in [6.45, 7) is 6.16. The molecule has 4 heteroatoms. The Morgan fingerprint density at radius 2 is 2.11 bits per heavy atom. The highest BCUT2D eigenvalue weighted by Gasteiger charge is 2.19. The molecular formula is C14H21FN2O. The van der Waals surface area contributed by atoms with Crippen LogP contribution in [0.5, 0.6) is 0 Å². The van der Waals surface area contributed by atoms with Crippen molar-refractivity contribution in [3.05, 3.63) is 35.1 Å². The van der Waals surface area contributed by atoms with Gasteiger partial charge in [-0.3, -0.25) is 4.79 Å². The molecule has 0 aromatic heterocycles. The number of hydrogen-bond acceptors (Lipinski definition) is 2. The fourth-order valence-corrected chi connectivity index (χ4v) is 1.82. The van der Waals surface area contributed by atoms with Crippen molar-refractivity contribution in [3.63, 3.8) is 0 Å². The SMILES string of the molecule is Cc1cccc(C(=O)NC(CCN)C(C)C)c1F. The first-order chi connectivity index (χ1) is 8.47. The number of nitrogens with two attached hydrogens (primary N) is 1. The lowest BCUT2D eigenvalue weighted by Crippen LogP contribution is -2.40. The van der Waals surface area contributed by atoms with Crippen LogP contribution in [0.1, 0.15) is 36.2 Å². The van der Waals surface area contributed by atoms with Gasteiger partial charge in [-0.1, -0.05) is 26.0 Å². The van der Waals surface area contributed by atoms with E-state index in [-0.39, 0.29) is 23.4 Å². The Bertz CT molecular complexity index is 418. The van der Waals surface area contributed by atoms with Crippen LogP contribution in [0.2, 0.25) is 0 Å². The fraction of sp³-hybridized carbons (Fsp3) is 0.500. The van der Waals surface area contributed by atoms with E-state index < -0.39 is 5.82 Å². The molecule has 0 saturated heterocycles. The molecule has 3 nitrogen and oxygen atoms in total. The summed E-state index contributed by atoms with van der Waals surface area (Å²) < 4.78 is 13.8. The zero-order chi connectivity index (χ0) is 13.7. The topological polar surface area (TPSA) is 55.1 Å². The van der Waals surface area contributed by atoms with Gasteiger partial charge in [0.1, 0.15) is 5.82 Å². The van der Waals surface area contributed by atoms with E-state index in [1.807, 2.05) is 13.8 Å². The van der Waals surface area contributed by atoms with Gasteiger partial charge in [0.05, 0.1) is 5.56 Å². The molecule has 0 saturated carbocycles. The second-order valence-electron chi connectivity index (χ2n) is 4.84. The summed E-state index contributed by atoms with van der Waals surface area (Å²) in [4.78, 5) is 12.0. The molecular weight excluding hydrogens is 231 g/mol. The minimum absolute atomic E-state index is 0.0255. The summed E-state index contributed by atoms with van der Waals surface area (Å²) in [6.07, 6.45) is 0.691. The number of benzene rings is 1. The maximum absolute atomic E-state index is 13.8. The predicted molar refractivity (Wildman–Crippen MR) is 70.9 cm³/mol. The van der Waals surface area contributed by atoms with Crippen LogP contribution in [0.3, 0.4) is 0 Å². The molecule has 0 radical (unpaired) electrons. The van der Waals surface area contributed by atoms with Gasteiger partial charge in [-0.25, -0.2) is 4.39 Å². The van der Waals surface area contributed by atoms with Crippen LogP contribution in [-0.2, 0) is 0 Å². The molecule has 0 bridgehead atoms. The predicted octanol–water partition coefficient (Wildman–Crippen LogP) is 2.24. The van der Waals surface area contributed by atoms with E-state index in [0.29, 0.717) is 18.5 Å². The van der Waals surface area contributed by atoms with Crippen molar-refractivity contribution < 1.29 is 9.18 Å². The molecule has 1 amide bonds. The van der Waals surface area contributed by atoms with Crippen LogP contribution < -0.4 is 11.1 Å². The number of rotatable bonds is 5. The van der Waals surface area contributed by atoms with E-state index in [4.69, 9.17) is 5.73 Å². The Morgan fingerprint density at radius 1 is 1.44 bits per heavy atom. The minimum atomic E-state index is -0.453. The molecule has 0 heterocycles. The van der Waals surface area contributed by atoms with Crippen molar-refractivity contribution >= 4 is 5.91 Å². The van der Waals surface area contributed by atoms with Gasteiger partial charge in [-0.05, 0) is 37.4 Å². The van der Waals surface area contributed by atoms with Crippen molar-refractivity contribution in [2.24, 2.45) is 11.7 Å². The first-order valence-electron chi connectivity index (χ1n) is 6.23. The summed E-state index contributed by atoms with van der Waals surface area (Å²) >= 11 is 0. The Labute approximate surface area is 108 Å². The van der Waals surface area contributed by atoms with Crippen molar-refractivity contribution in [1.82, 2.24) is 5.32 Å². The average Bonchev–Trinajstić information content (AvgIpc) is 2.31. The molecule has 3 N–H and O–H groups in total. The maximum atomic E-state index is 13.8.